The van der Waals surface area contributed by atoms with Crippen LogP contribution in [0.2, 0.25) is 0 Å². The summed E-state index contributed by atoms with van der Waals surface area (Å²) >= 11 is 0. The standard InChI is InChI=1S/C49H93NO8/c1-3-5-7-9-11-13-15-17-19-21-22-23-24-26-28-30-32-34-36-38-43(52)42(41-57-49-48(56)47(55)46(54)44(40-51)58-49)50-45(53)39-37-35-33-31-29-27-25-20-18-16-14-12-10-8-6-4-2/h28,30,36,38,42-44,46-49,51-52,54-56H,3-27,29,31-35,37,39-41H2,1-2H3,(H,50,53)/b30-28+,38-36+. The fourth-order valence-corrected chi connectivity index (χ4v) is 7.82. The van der Waals surface area contributed by atoms with E-state index in [2.05, 4.69) is 31.3 Å². The number of aliphatic hydroxyl groups is 5. The van der Waals surface area contributed by atoms with E-state index in [4.69, 9.17) is 9.47 Å². The molecule has 0 aliphatic carbocycles. The molecule has 0 radical (unpaired) electrons. The number of unbranched alkanes of at least 4 members (excludes halogenated alkanes) is 29. The van der Waals surface area contributed by atoms with E-state index in [-0.39, 0.29) is 12.5 Å². The topological polar surface area (TPSA) is 149 Å². The molecular formula is C49H93NO8. The second-order valence-corrected chi connectivity index (χ2v) is 17.3. The molecule has 0 saturated carbocycles. The molecule has 0 aromatic carbocycles. The predicted molar refractivity (Wildman–Crippen MR) is 240 cm³/mol. The molecule has 7 atom stereocenters. The predicted octanol–water partition coefficient (Wildman–Crippen LogP) is 10.7. The molecule has 0 aromatic heterocycles. The summed E-state index contributed by atoms with van der Waals surface area (Å²) in [6.07, 6.45) is 40.8. The van der Waals surface area contributed by atoms with Crippen LogP contribution in [0.3, 0.4) is 0 Å². The van der Waals surface area contributed by atoms with Gasteiger partial charge in [-0.05, 0) is 32.1 Å². The van der Waals surface area contributed by atoms with Gasteiger partial charge in [0.05, 0.1) is 25.4 Å². The van der Waals surface area contributed by atoms with Gasteiger partial charge in [0.2, 0.25) is 5.91 Å². The van der Waals surface area contributed by atoms with Crippen LogP contribution in [-0.2, 0) is 14.3 Å². The lowest BCUT2D eigenvalue weighted by molar-refractivity contribution is -0.302. The Morgan fingerprint density at radius 2 is 0.983 bits per heavy atom. The highest BCUT2D eigenvalue weighted by Crippen LogP contribution is 2.23. The minimum Gasteiger partial charge on any atom is -0.394 e. The summed E-state index contributed by atoms with van der Waals surface area (Å²) in [5.41, 5.74) is 0. The Kier molecular flexibility index (Phi) is 37.5. The number of carbonyl (C=O) groups excluding carboxylic acids is 1. The van der Waals surface area contributed by atoms with Crippen molar-refractivity contribution < 1.29 is 39.8 Å². The third kappa shape index (κ3) is 29.8. The molecule has 0 bridgehead atoms. The van der Waals surface area contributed by atoms with E-state index in [0.29, 0.717) is 6.42 Å². The van der Waals surface area contributed by atoms with Crippen molar-refractivity contribution in [3.05, 3.63) is 24.3 Å². The second-order valence-electron chi connectivity index (χ2n) is 17.3. The molecule has 1 heterocycles. The zero-order chi connectivity index (χ0) is 42.3. The molecule has 1 fully saturated rings. The van der Waals surface area contributed by atoms with Gasteiger partial charge in [0.1, 0.15) is 24.4 Å². The van der Waals surface area contributed by atoms with E-state index in [1.807, 2.05) is 6.08 Å². The maximum Gasteiger partial charge on any atom is 0.220 e. The zero-order valence-electron chi connectivity index (χ0n) is 37.6. The van der Waals surface area contributed by atoms with Gasteiger partial charge in [-0.1, -0.05) is 212 Å². The number of aliphatic hydroxyl groups excluding tert-OH is 5. The molecule has 1 saturated heterocycles. The van der Waals surface area contributed by atoms with E-state index in [1.54, 1.807) is 6.08 Å². The van der Waals surface area contributed by atoms with Crippen molar-refractivity contribution >= 4 is 5.91 Å². The summed E-state index contributed by atoms with van der Waals surface area (Å²) < 4.78 is 11.2. The van der Waals surface area contributed by atoms with Crippen LogP contribution in [-0.4, -0.2) is 87.5 Å². The van der Waals surface area contributed by atoms with Gasteiger partial charge in [-0.15, -0.1) is 0 Å². The van der Waals surface area contributed by atoms with Crippen LogP contribution >= 0.6 is 0 Å². The van der Waals surface area contributed by atoms with Gasteiger partial charge in [-0.3, -0.25) is 4.79 Å². The Morgan fingerprint density at radius 3 is 1.45 bits per heavy atom. The van der Waals surface area contributed by atoms with Gasteiger partial charge in [0.15, 0.2) is 6.29 Å². The molecule has 9 nitrogen and oxygen atoms in total. The smallest absolute Gasteiger partial charge is 0.220 e. The van der Waals surface area contributed by atoms with Crippen molar-refractivity contribution in [2.45, 2.75) is 269 Å². The Balaban J connectivity index is 2.34. The summed E-state index contributed by atoms with van der Waals surface area (Å²) in [4.78, 5) is 13.0. The average molecular weight is 824 g/mol. The molecule has 58 heavy (non-hydrogen) atoms. The van der Waals surface area contributed by atoms with Crippen molar-refractivity contribution in [3.8, 4) is 0 Å². The lowest BCUT2D eigenvalue weighted by Crippen LogP contribution is -2.60. The van der Waals surface area contributed by atoms with Crippen molar-refractivity contribution in [2.24, 2.45) is 0 Å². The van der Waals surface area contributed by atoms with Crippen LogP contribution in [0.5, 0.6) is 0 Å². The van der Waals surface area contributed by atoms with Gasteiger partial charge in [0, 0.05) is 6.42 Å². The third-order valence-electron chi connectivity index (χ3n) is 11.8. The van der Waals surface area contributed by atoms with Gasteiger partial charge >= 0.3 is 0 Å². The summed E-state index contributed by atoms with van der Waals surface area (Å²) in [6, 6.07) is -0.816. The summed E-state index contributed by atoms with van der Waals surface area (Å²) in [6.45, 7) is 3.77. The summed E-state index contributed by atoms with van der Waals surface area (Å²) in [5, 5.41) is 54.2. The number of hydrogen-bond donors (Lipinski definition) is 6. The Hall–Kier alpha value is -1.33. The zero-order valence-corrected chi connectivity index (χ0v) is 37.6. The SMILES string of the molecule is CCCCCCCCCCCCCCC/C=C/CC/C=C/C(O)C(COC1OC(CO)C(O)C(O)C1O)NC(=O)CCCCCCCCCCCCCCCCCC. The van der Waals surface area contributed by atoms with Crippen molar-refractivity contribution in [2.75, 3.05) is 13.2 Å². The van der Waals surface area contributed by atoms with Crippen molar-refractivity contribution in [3.63, 3.8) is 0 Å². The molecule has 9 heteroatoms. The highest BCUT2D eigenvalue weighted by Gasteiger charge is 2.44. The Labute approximate surface area is 356 Å². The van der Waals surface area contributed by atoms with E-state index in [9.17, 15) is 30.3 Å². The van der Waals surface area contributed by atoms with E-state index in [0.717, 1.165) is 38.5 Å². The monoisotopic (exact) mass is 824 g/mol. The first-order valence-electron chi connectivity index (χ1n) is 24.6. The Bertz CT molecular complexity index is 961. The second kappa shape index (κ2) is 39.8. The van der Waals surface area contributed by atoms with Crippen LogP contribution in [0.4, 0.5) is 0 Å². The van der Waals surface area contributed by atoms with Crippen molar-refractivity contribution in [1.29, 1.82) is 0 Å². The maximum absolute atomic E-state index is 13.0. The molecule has 342 valence electrons. The number of carbonyl (C=O) groups is 1. The minimum absolute atomic E-state index is 0.184. The summed E-state index contributed by atoms with van der Waals surface area (Å²) in [7, 11) is 0. The fraction of sp³-hybridized carbons (Fsp3) is 0.898. The molecule has 1 amide bonds. The summed E-state index contributed by atoms with van der Waals surface area (Å²) in [5.74, 6) is -0.184. The molecular weight excluding hydrogens is 731 g/mol. The first-order valence-corrected chi connectivity index (χ1v) is 24.6. The molecule has 1 rings (SSSR count). The molecule has 7 unspecified atom stereocenters. The average Bonchev–Trinajstić information content (AvgIpc) is 3.22. The van der Waals surface area contributed by atoms with Gasteiger partial charge < -0.3 is 40.3 Å². The lowest BCUT2D eigenvalue weighted by Gasteiger charge is -2.40. The Morgan fingerprint density at radius 1 is 0.569 bits per heavy atom. The first kappa shape index (κ1) is 54.7. The van der Waals surface area contributed by atoms with Crippen molar-refractivity contribution in [1.82, 2.24) is 5.32 Å². The van der Waals surface area contributed by atoms with Crippen LogP contribution < -0.4 is 5.32 Å². The highest BCUT2D eigenvalue weighted by molar-refractivity contribution is 5.76. The number of allylic oxidation sites excluding steroid dienone is 3. The van der Waals surface area contributed by atoms with Crippen LogP contribution in [0.1, 0.15) is 226 Å². The van der Waals surface area contributed by atoms with Gasteiger partial charge in [0.25, 0.3) is 0 Å². The number of amides is 1. The van der Waals surface area contributed by atoms with Crippen LogP contribution in [0.15, 0.2) is 24.3 Å². The van der Waals surface area contributed by atoms with E-state index < -0.39 is 49.5 Å². The van der Waals surface area contributed by atoms with E-state index >= 15 is 0 Å². The first-order chi connectivity index (χ1) is 28.3. The largest absolute Gasteiger partial charge is 0.394 e. The number of ether oxygens (including phenoxy) is 2. The molecule has 6 N–H and O–H groups in total. The lowest BCUT2D eigenvalue weighted by atomic mass is 9.99. The normalized spacial score (nSPS) is 21.0. The van der Waals surface area contributed by atoms with Crippen LogP contribution in [0, 0.1) is 0 Å². The third-order valence-corrected chi connectivity index (χ3v) is 11.8. The van der Waals surface area contributed by atoms with Gasteiger partial charge in [-0.2, -0.15) is 0 Å². The number of nitrogens with one attached hydrogen (secondary N) is 1. The quantitative estimate of drug-likeness (QED) is 0.0264. The molecule has 1 aliphatic rings. The van der Waals surface area contributed by atoms with E-state index in [1.165, 1.54) is 167 Å². The fourth-order valence-electron chi connectivity index (χ4n) is 7.82. The molecule has 0 aromatic rings. The van der Waals surface area contributed by atoms with Gasteiger partial charge in [-0.25, -0.2) is 0 Å². The van der Waals surface area contributed by atoms with Crippen LogP contribution in [0.25, 0.3) is 0 Å². The molecule has 0 spiro atoms. The molecule has 1 aliphatic heterocycles. The number of rotatable bonds is 41. The number of hydrogen-bond acceptors (Lipinski definition) is 8. The maximum atomic E-state index is 13.0. The highest BCUT2D eigenvalue weighted by atomic mass is 16.7. The minimum atomic E-state index is -1.57.